The molecular weight excluding hydrogens is 725 g/mol. The number of fused-ring (bicyclic) bond motifs is 1. The largest absolute Gasteiger partial charge is 0.496 e. The molecule has 4 heterocycles. The SMILES string of the molecule is COc1cc(/C=C/c2ccnc(-c3cccc(-c4nc5cc(CN6CC[C@@H](O)C6)cc(C#N)c5o4)c3C)c2C#N)c(C(F)(F)F)cc1CN1CC[C@@H](C(=O)O)C1. The normalized spacial score (nSPS) is 17.8. The summed E-state index contributed by atoms with van der Waals surface area (Å²) < 4.78 is 55.1. The van der Waals surface area contributed by atoms with Gasteiger partial charge < -0.3 is 19.4 Å². The van der Waals surface area contributed by atoms with Crippen molar-refractivity contribution >= 4 is 29.2 Å². The lowest BCUT2D eigenvalue weighted by Crippen LogP contribution is -2.23. The Balaban J connectivity index is 1.21. The fourth-order valence-corrected chi connectivity index (χ4v) is 7.59. The number of β-amino-alcohol motifs (C(OH)–C–C–N with tert-alkyl or cyclic N) is 1. The number of aliphatic hydroxyl groups excluding tert-OH is 1. The number of aliphatic hydroxyl groups is 1. The van der Waals surface area contributed by atoms with Gasteiger partial charge in [-0.1, -0.05) is 24.3 Å². The number of nitriles is 2. The number of carboxylic acid groups (broad SMARTS) is 1. The number of pyridine rings is 1. The summed E-state index contributed by atoms with van der Waals surface area (Å²) in [6, 6.07) is 17.3. The molecule has 14 heteroatoms. The standard InChI is InChI=1S/C42H37F3N6O5/c1-24-32(4-3-5-33(24)40-49-36-15-25(14-29(18-46)39(36)56-40)20-50-13-10-31(52)23-50)38-34(19-47)26(8-11-48-38)6-7-27-17-37(55-2)30(16-35(27)42(43,44)45)22-51-12-9-28(21-51)41(53)54/h3-8,11,14-17,28,31,52H,9-10,12-13,20-23H2,1-2H3,(H,53,54)/b7-6+/t28-,31-/m1/s1. The number of hydrogen-bond donors (Lipinski definition) is 2. The van der Waals surface area contributed by atoms with Gasteiger partial charge >= 0.3 is 12.1 Å². The number of hydrogen-bond acceptors (Lipinski definition) is 10. The number of ether oxygens (including phenoxy) is 1. The Bertz CT molecular complexity index is 2450. The summed E-state index contributed by atoms with van der Waals surface area (Å²) >= 11 is 0. The highest BCUT2D eigenvalue weighted by Gasteiger charge is 2.35. The van der Waals surface area contributed by atoms with E-state index >= 15 is 0 Å². The van der Waals surface area contributed by atoms with Gasteiger partial charge in [-0.15, -0.1) is 0 Å². The first-order valence-corrected chi connectivity index (χ1v) is 18.0. The average Bonchev–Trinajstić information content (AvgIpc) is 3.93. The van der Waals surface area contributed by atoms with Crippen molar-refractivity contribution in [1.82, 2.24) is 19.8 Å². The molecule has 2 aliphatic heterocycles. The molecular formula is C42H37F3N6O5. The molecule has 0 bridgehead atoms. The van der Waals surface area contributed by atoms with E-state index in [4.69, 9.17) is 14.1 Å². The quantitative estimate of drug-likeness (QED) is 0.147. The van der Waals surface area contributed by atoms with Crippen LogP contribution in [0.1, 0.15) is 57.3 Å². The maximum Gasteiger partial charge on any atom is 0.417 e. The molecule has 0 unspecified atom stereocenters. The van der Waals surface area contributed by atoms with Crippen LogP contribution in [0, 0.1) is 35.5 Å². The van der Waals surface area contributed by atoms with Crippen LogP contribution < -0.4 is 4.74 Å². The molecule has 0 amide bonds. The van der Waals surface area contributed by atoms with E-state index in [0.717, 1.165) is 18.2 Å². The smallest absolute Gasteiger partial charge is 0.417 e. The molecule has 2 aliphatic rings. The van der Waals surface area contributed by atoms with Crippen LogP contribution in [0.5, 0.6) is 5.75 Å². The molecule has 0 radical (unpaired) electrons. The number of halogens is 3. The lowest BCUT2D eigenvalue weighted by molar-refractivity contribution is -0.141. The van der Waals surface area contributed by atoms with E-state index in [1.54, 1.807) is 29.2 Å². The first-order valence-electron chi connectivity index (χ1n) is 18.0. The van der Waals surface area contributed by atoms with Gasteiger partial charge in [-0.3, -0.25) is 19.6 Å². The monoisotopic (exact) mass is 762 g/mol. The van der Waals surface area contributed by atoms with Crippen LogP contribution in [0.2, 0.25) is 0 Å². The fraction of sp³-hybridized carbons (Fsp3) is 0.310. The van der Waals surface area contributed by atoms with Gasteiger partial charge in [0, 0.05) is 55.6 Å². The number of aromatic nitrogens is 2. The van der Waals surface area contributed by atoms with Crippen molar-refractivity contribution in [3.8, 4) is 40.6 Å². The fourth-order valence-electron chi connectivity index (χ4n) is 7.59. The van der Waals surface area contributed by atoms with Crippen LogP contribution in [0.4, 0.5) is 13.2 Å². The van der Waals surface area contributed by atoms with Gasteiger partial charge in [-0.2, -0.15) is 23.7 Å². The Labute approximate surface area is 320 Å². The number of oxazole rings is 1. The molecule has 286 valence electrons. The number of nitrogens with zero attached hydrogens (tertiary/aromatic N) is 6. The number of aliphatic carboxylic acids is 1. The van der Waals surface area contributed by atoms with Crippen LogP contribution in [0.15, 0.2) is 59.1 Å². The predicted molar refractivity (Wildman–Crippen MR) is 201 cm³/mol. The third-order valence-corrected chi connectivity index (χ3v) is 10.5. The summed E-state index contributed by atoms with van der Waals surface area (Å²) in [6.45, 7) is 4.46. The third kappa shape index (κ3) is 7.72. The van der Waals surface area contributed by atoms with Crippen LogP contribution in [0.3, 0.4) is 0 Å². The molecule has 0 saturated carbocycles. The Morgan fingerprint density at radius 3 is 2.45 bits per heavy atom. The Kier molecular flexibility index (Phi) is 10.6. The molecule has 56 heavy (non-hydrogen) atoms. The number of carboxylic acids is 1. The van der Waals surface area contributed by atoms with Crippen LogP contribution in [-0.4, -0.2) is 75.3 Å². The van der Waals surface area contributed by atoms with Gasteiger partial charge in [0.15, 0.2) is 5.58 Å². The molecule has 2 N–H and O–H groups in total. The Morgan fingerprint density at radius 1 is 1.02 bits per heavy atom. The Hall–Kier alpha value is -6.06. The lowest BCUT2D eigenvalue weighted by atomic mass is 9.94. The lowest BCUT2D eigenvalue weighted by Gasteiger charge is -2.20. The molecule has 11 nitrogen and oxygen atoms in total. The zero-order valence-electron chi connectivity index (χ0n) is 30.6. The summed E-state index contributed by atoms with van der Waals surface area (Å²) in [4.78, 5) is 24.6. The topological polar surface area (TPSA) is 160 Å². The second-order valence-electron chi connectivity index (χ2n) is 14.2. The number of benzene rings is 3. The highest BCUT2D eigenvalue weighted by molar-refractivity contribution is 5.86. The first-order chi connectivity index (χ1) is 26.9. The van der Waals surface area contributed by atoms with Crippen molar-refractivity contribution in [2.45, 2.75) is 45.1 Å². The molecule has 7 rings (SSSR count). The predicted octanol–water partition coefficient (Wildman–Crippen LogP) is 7.28. The van der Waals surface area contributed by atoms with E-state index in [1.807, 2.05) is 19.1 Å². The summed E-state index contributed by atoms with van der Waals surface area (Å²) in [5.41, 5.74) is 3.94. The van der Waals surface area contributed by atoms with Gasteiger partial charge in [-0.25, -0.2) is 4.98 Å². The molecule has 0 spiro atoms. The number of alkyl halides is 3. The highest BCUT2D eigenvalue weighted by atomic mass is 19.4. The number of carbonyl (C=O) groups is 1. The average molecular weight is 763 g/mol. The van der Waals surface area contributed by atoms with Crippen molar-refractivity contribution in [2.24, 2.45) is 5.92 Å². The van der Waals surface area contributed by atoms with E-state index in [0.29, 0.717) is 77.1 Å². The third-order valence-electron chi connectivity index (χ3n) is 10.5. The number of likely N-dealkylation sites (tertiary alicyclic amines) is 2. The van der Waals surface area contributed by atoms with Crippen molar-refractivity contribution < 1.29 is 37.3 Å². The van der Waals surface area contributed by atoms with Gasteiger partial charge in [0.1, 0.15) is 23.4 Å². The molecule has 2 saturated heterocycles. The van der Waals surface area contributed by atoms with E-state index in [1.165, 1.54) is 31.5 Å². The van der Waals surface area contributed by atoms with Crippen molar-refractivity contribution in [2.75, 3.05) is 33.3 Å². The maximum absolute atomic E-state index is 14.5. The van der Waals surface area contributed by atoms with Crippen molar-refractivity contribution in [3.05, 3.63) is 99.2 Å². The number of rotatable bonds is 10. The summed E-state index contributed by atoms with van der Waals surface area (Å²) in [7, 11) is 1.37. The van der Waals surface area contributed by atoms with Crippen molar-refractivity contribution in [3.63, 3.8) is 0 Å². The maximum atomic E-state index is 14.5. The minimum absolute atomic E-state index is 0.0966. The first kappa shape index (κ1) is 38.2. The molecule has 3 aromatic carbocycles. The van der Waals surface area contributed by atoms with Gasteiger partial charge in [0.25, 0.3) is 0 Å². The van der Waals surface area contributed by atoms with E-state index < -0.39 is 23.6 Å². The van der Waals surface area contributed by atoms with Crippen LogP contribution in [0.25, 0.3) is 46.0 Å². The van der Waals surface area contributed by atoms with Gasteiger partial charge in [0.2, 0.25) is 5.89 Å². The molecule has 5 aromatic rings. The summed E-state index contributed by atoms with van der Waals surface area (Å²) in [6.07, 6.45) is 0.233. The number of methoxy groups -OCH3 is 1. The molecule has 0 aliphatic carbocycles. The van der Waals surface area contributed by atoms with E-state index in [2.05, 4.69) is 22.0 Å². The summed E-state index contributed by atoms with van der Waals surface area (Å²) in [5, 5.41) is 39.6. The zero-order chi connectivity index (χ0) is 39.7. The summed E-state index contributed by atoms with van der Waals surface area (Å²) in [5.74, 6) is -1.02. The minimum atomic E-state index is -4.72. The minimum Gasteiger partial charge on any atom is -0.496 e. The second-order valence-corrected chi connectivity index (χ2v) is 14.2. The van der Waals surface area contributed by atoms with Gasteiger partial charge in [0.05, 0.1) is 41.5 Å². The molecule has 2 aromatic heterocycles. The van der Waals surface area contributed by atoms with Gasteiger partial charge in [-0.05, 0) is 85.0 Å². The highest BCUT2D eigenvalue weighted by Crippen LogP contribution is 2.39. The van der Waals surface area contributed by atoms with E-state index in [9.17, 15) is 38.7 Å². The molecule has 2 fully saturated rings. The molecule has 2 atom stereocenters. The zero-order valence-corrected chi connectivity index (χ0v) is 30.6. The second kappa shape index (κ2) is 15.6. The Morgan fingerprint density at radius 2 is 1.77 bits per heavy atom. The van der Waals surface area contributed by atoms with Crippen LogP contribution >= 0.6 is 0 Å². The van der Waals surface area contributed by atoms with Crippen molar-refractivity contribution in [1.29, 1.82) is 10.5 Å². The van der Waals surface area contributed by atoms with Crippen LogP contribution in [-0.2, 0) is 24.1 Å². The van der Waals surface area contributed by atoms with E-state index in [-0.39, 0.29) is 47.5 Å².